The molecule has 5 heteroatoms. The lowest BCUT2D eigenvalue weighted by Crippen LogP contribution is -2.41. The molecule has 0 bridgehead atoms. The molecule has 0 saturated carbocycles. The van der Waals surface area contributed by atoms with Gasteiger partial charge in [-0.15, -0.1) is 0 Å². The minimum absolute atomic E-state index is 0.700. The van der Waals surface area contributed by atoms with E-state index in [9.17, 15) is 0 Å². The van der Waals surface area contributed by atoms with Crippen LogP contribution in [-0.4, -0.2) is 44.0 Å². The third-order valence-electron chi connectivity index (χ3n) is 4.93. The number of nitrogens with zero attached hydrogens (tertiary/aromatic N) is 4. The average Bonchev–Trinajstić information content (AvgIpc) is 3.15. The number of aryl methyl sites for hydroxylation is 3. The topological polar surface area (TPSA) is 49.7 Å². The predicted molar refractivity (Wildman–Crippen MR) is 87.8 cm³/mol. The second-order valence-corrected chi connectivity index (χ2v) is 6.41. The first-order valence-corrected chi connectivity index (χ1v) is 8.46. The standard InChI is InChI=1S/C17H27N5/c1-14-17(15(2)20-19-14)8-12-21-10-4-3-6-16(21)7-13-22-11-5-9-18-22/h5,9,11,16H,3-4,6-8,10,12-13H2,1-2H3,(H,19,20)/t16-/m0/s1. The molecule has 0 radical (unpaired) electrons. The molecular weight excluding hydrogens is 274 g/mol. The van der Waals surface area contributed by atoms with Crippen molar-refractivity contribution in [1.29, 1.82) is 0 Å². The minimum Gasteiger partial charge on any atom is -0.300 e. The van der Waals surface area contributed by atoms with Gasteiger partial charge in [-0.3, -0.25) is 14.7 Å². The largest absolute Gasteiger partial charge is 0.300 e. The van der Waals surface area contributed by atoms with Crippen LogP contribution in [0.15, 0.2) is 18.5 Å². The summed E-state index contributed by atoms with van der Waals surface area (Å²) in [5, 5.41) is 11.7. The first-order valence-electron chi connectivity index (χ1n) is 8.46. The lowest BCUT2D eigenvalue weighted by molar-refractivity contribution is 0.136. The summed E-state index contributed by atoms with van der Waals surface area (Å²) >= 11 is 0. The Balaban J connectivity index is 1.55. The van der Waals surface area contributed by atoms with Gasteiger partial charge in [-0.25, -0.2) is 0 Å². The summed E-state index contributed by atoms with van der Waals surface area (Å²) < 4.78 is 2.05. The number of aromatic nitrogens is 4. The third-order valence-corrected chi connectivity index (χ3v) is 4.93. The van der Waals surface area contributed by atoms with Crippen LogP contribution in [0.1, 0.15) is 42.6 Å². The summed E-state index contributed by atoms with van der Waals surface area (Å²) in [4.78, 5) is 2.68. The van der Waals surface area contributed by atoms with Crippen LogP contribution in [0.4, 0.5) is 0 Å². The number of rotatable bonds is 6. The first kappa shape index (κ1) is 15.3. The molecular formula is C17H27N5. The van der Waals surface area contributed by atoms with Gasteiger partial charge in [0.25, 0.3) is 0 Å². The number of H-pyrrole nitrogens is 1. The molecule has 22 heavy (non-hydrogen) atoms. The second-order valence-electron chi connectivity index (χ2n) is 6.41. The van der Waals surface area contributed by atoms with Crippen LogP contribution in [0.5, 0.6) is 0 Å². The van der Waals surface area contributed by atoms with Crippen LogP contribution < -0.4 is 0 Å². The smallest absolute Gasteiger partial charge is 0.0626 e. The van der Waals surface area contributed by atoms with Gasteiger partial charge in [-0.05, 0) is 57.7 Å². The van der Waals surface area contributed by atoms with Crippen molar-refractivity contribution in [2.24, 2.45) is 0 Å². The number of likely N-dealkylation sites (tertiary alicyclic amines) is 1. The zero-order chi connectivity index (χ0) is 15.4. The Morgan fingerprint density at radius 1 is 1.27 bits per heavy atom. The Labute approximate surface area is 132 Å². The van der Waals surface area contributed by atoms with Gasteiger partial charge >= 0.3 is 0 Å². The molecule has 3 heterocycles. The number of hydrogen-bond acceptors (Lipinski definition) is 3. The first-order chi connectivity index (χ1) is 10.7. The van der Waals surface area contributed by atoms with Gasteiger partial charge in [-0.1, -0.05) is 6.42 Å². The highest BCUT2D eigenvalue weighted by Gasteiger charge is 2.22. The molecule has 1 aliphatic rings. The van der Waals surface area contributed by atoms with Gasteiger partial charge in [0.05, 0.1) is 5.69 Å². The maximum atomic E-state index is 4.32. The van der Waals surface area contributed by atoms with E-state index >= 15 is 0 Å². The number of hydrogen-bond donors (Lipinski definition) is 1. The summed E-state index contributed by atoms with van der Waals surface area (Å²) in [6.07, 6.45) is 10.3. The zero-order valence-corrected chi connectivity index (χ0v) is 13.8. The van der Waals surface area contributed by atoms with E-state index in [2.05, 4.69) is 44.9 Å². The summed E-state index contributed by atoms with van der Waals surface area (Å²) in [6, 6.07) is 2.70. The molecule has 120 valence electrons. The molecule has 5 nitrogen and oxygen atoms in total. The van der Waals surface area contributed by atoms with Gasteiger partial charge < -0.3 is 0 Å². The minimum atomic E-state index is 0.700. The van der Waals surface area contributed by atoms with Crippen molar-refractivity contribution >= 4 is 0 Å². The van der Waals surface area contributed by atoms with Gasteiger partial charge in [0.15, 0.2) is 0 Å². The highest BCUT2D eigenvalue weighted by molar-refractivity contribution is 5.23. The molecule has 1 saturated heterocycles. The SMILES string of the molecule is Cc1n[nH]c(C)c1CCN1CCCC[C@H]1CCn1cccn1. The maximum Gasteiger partial charge on any atom is 0.0626 e. The van der Waals surface area contributed by atoms with Crippen LogP contribution in [0, 0.1) is 13.8 Å². The van der Waals surface area contributed by atoms with Crippen molar-refractivity contribution in [1.82, 2.24) is 24.9 Å². The molecule has 0 amide bonds. The van der Waals surface area contributed by atoms with Crippen molar-refractivity contribution in [3.63, 3.8) is 0 Å². The van der Waals surface area contributed by atoms with E-state index in [1.807, 2.05) is 12.3 Å². The quantitative estimate of drug-likeness (QED) is 0.892. The van der Waals surface area contributed by atoms with Gasteiger partial charge in [0.1, 0.15) is 0 Å². The van der Waals surface area contributed by atoms with Gasteiger partial charge in [0, 0.05) is 37.2 Å². The third kappa shape index (κ3) is 3.58. The zero-order valence-electron chi connectivity index (χ0n) is 13.8. The highest BCUT2D eigenvalue weighted by Crippen LogP contribution is 2.21. The fourth-order valence-electron chi connectivity index (χ4n) is 3.59. The molecule has 1 N–H and O–H groups in total. The molecule has 2 aromatic rings. The van der Waals surface area contributed by atoms with E-state index in [-0.39, 0.29) is 0 Å². The number of nitrogens with one attached hydrogen (secondary N) is 1. The number of aromatic amines is 1. The van der Waals surface area contributed by atoms with Crippen LogP contribution >= 0.6 is 0 Å². The molecule has 3 rings (SSSR count). The molecule has 0 aromatic carbocycles. The lowest BCUT2D eigenvalue weighted by atomic mass is 9.98. The normalized spacial score (nSPS) is 19.6. The van der Waals surface area contributed by atoms with Gasteiger partial charge in [-0.2, -0.15) is 10.2 Å². The number of piperidine rings is 1. The molecule has 0 unspecified atom stereocenters. The highest BCUT2D eigenvalue weighted by atomic mass is 15.3. The van der Waals surface area contributed by atoms with Crippen molar-refractivity contribution in [2.75, 3.05) is 13.1 Å². The van der Waals surface area contributed by atoms with Crippen LogP contribution in [-0.2, 0) is 13.0 Å². The lowest BCUT2D eigenvalue weighted by Gasteiger charge is -2.36. The fourth-order valence-corrected chi connectivity index (χ4v) is 3.59. The van der Waals surface area contributed by atoms with E-state index in [4.69, 9.17) is 0 Å². The van der Waals surface area contributed by atoms with Gasteiger partial charge in [0.2, 0.25) is 0 Å². The molecule has 1 fully saturated rings. The molecule has 1 atom stereocenters. The maximum absolute atomic E-state index is 4.32. The molecule has 0 spiro atoms. The van der Waals surface area contributed by atoms with Crippen molar-refractivity contribution in [2.45, 2.75) is 58.5 Å². The van der Waals surface area contributed by atoms with Crippen LogP contribution in [0.25, 0.3) is 0 Å². The van der Waals surface area contributed by atoms with Crippen molar-refractivity contribution in [3.8, 4) is 0 Å². The summed E-state index contributed by atoms with van der Waals surface area (Å²) in [7, 11) is 0. The van der Waals surface area contributed by atoms with Crippen molar-refractivity contribution < 1.29 is 0 Å². The second kappa shape index (κ2) is 7.09. The summed E-state index contributed by atoms with van der Waals surface area (Å²) in [6.45, 7) is 7.63. The monoisotopic (exact) mass is 301 g/mol. The average molecular weight is 301 g/mol. The van der Waals surface area contributed by atoms with Crippen molar-refractivity contribution in [3.05, 3.63) is 35.4 Å². The van der Waals surface area contributed by atoms with E-state index in [1.165, 1.54) is 43.5 Å². The summed E-state index contributed by atoms with van der Waals surface area (Å²) in [5.74, 6) is 0. The van der Waals surface area contributed by atoms with E-state index < -0.39 is 0 Å². The Kier molecular flexibility index (Phi) is 4.93. The molecule has 1 aliphatic heterocycles. The van der Waals surface area contributed by atoms with E-state index in [1.54, 1.807) is 0 Å². The van der Waals surface area contributed by atoms with Crippen LogP contribution in [0.3, 0.4) is 0 Å². The Morgan fingerprint density at radius 3 is 2.91 bits per heavy atom. The molecule has 2 aromatic heterocycles. The van der Waals surface area contributed by atoms with Crippen LogP contribution in [0.2, 0.25) is 0 Å². The fraction of sp³-hybridized carbons (Fsp3) is 0.647. The predicted octanol–water partition coefficient (Wildman–Crippen LogP) is 2.71. The Morgan fingerprint density at radius 2 is 2.18 bits per heavy atom. The van der Waals surface area contributed by atoms with E-state index in [0.717, 1.165) is 25.2 Å². The van der Waals surface area contributed by atoms with E-state index in [0.29, 0.717) is 6.04 Å². The molecule has 0 aliphatic carbocycles. The Bertz CT molecular complexity index is 552. The summed E-state index contributed by atoms with van der Waals surface area (Å²) in [5.41, 5.74) is 3.78. The Hall–Kier alpha value is -1.62.